The van der Waals surface area contributed by atoms with Crippen molar-refractivity contribution in [3.8, 4) is 0 Å². The lowest BCUT2D eigenvalue weighted by Gasteiger charge is -2.33. The van der Waals surface area contributed by atoms with Gasteiger partial charge in [-0.15, -0.1) is 0 Å². The number of hydrogen-bond acceptors (Lipinski definition) is 2. The van der Waals surface area contributed by atoms with E-state index in [0.717, 1.165) is 12.8 Å². The van der Waals surface area contributed by atoms with E-state index in [4.69, 9.17) is 0 Å². The zero-order valence-electron chi connectivity index (χ0n) is 11.4. The molecule has 1 saturated carbocycles. The molecule has 2 atom stereocenters. The second-order valence-corrected chi connectivity index (χ2v) is 6.04. The summed E-state index contributed by atoms with van der Waals surface area (Å²) in [6, 6.07) is 0.0925. The van der Waals surface area contributed by atoms with Crippen molar-refractivity contribution in [1.29, 1.82) is 0 Å². The Bertz CT molecular complexity index is 323. The van der Waals surface area contributed by atoms with E-state index in [1.54, 1.807) is 6.92 Å². The fraction of sp³-hybridized carbons (Fsp3) is 0.929. The predicted molar refractivity (Wildman–Crippen MR) is 67.9 cm³/mol. The molecule has 3 nitrogen and oxygen atoms in total. The molecule has 0 spiro atoms. The number of likely N-dealkylation sites (tertiary alicyclic amines) is 1. The van der Waals surface area contributed by atoms with Gasteiger partial charge in [0.05, 0.1) is 6.10 Å². The summed E-state index contributed by atoms with van der Waals surface area (Å²) >= 11 is 0. The van der Waals surface area contributed by atoms with Crippen molar-refractivity contribution < 1.29 is 18.7 Å². The third kappa shape index (κ3) is 3.65. The van der Waals surface area contributed by atoms with Crippen molar-refractivity contribution in [3.05, 3.63) is 0 Å². The van der Waals surface area contributed by atoms with E-state index in [-0.39, 0.29) is 30.7 Å². The van der Waals surface area contributed by atoms with E-state index < -0.39 is 12.0 Å². The van der Waals surface area contributed by atoms with Gasteiger partial charge in [-0.1, -0.05) is 0 Å². The van der Waals surface area contributed by atoms with Gasteiger partial charge in [0.2, 0.25) is 11.8 Å². The molecule has 1 saturated heterocycles. The molecule has 1 N–H and O–H groups in total. The Labute approximate surface area is 113 Å². The van der Waals surface area contributed by atoms with Crippen LogP contribution in [0.15, 0.2) is 0 Å². The molecule has 0 bridgehead atoms. The Kier molecular flexibility index (Phi) is 4.43. The van der Waals surface area contributed by atoms with E-state index in [1.165, 1.54) is 0 Å². The van der Waals surface area contributed by atoms with Gasteiger partial charge in [-0.2, -0.15) is 0 Å². The lowest BCUT2D eigenvalue weighted by Crippen LogP contribution is -2.42. The zero-order valence-corrected chi connectivity index (χ0v) is 11.4. The number of halogens is 2. The molecule has 2 aliphatic rings. The standard InChI is InChI=1S/C14H23F2NO2/c1-10(18)9-12-3-2-8-17(12)13(19)11-4-6-14(15,16)7-5-11/h10-12,18H,2-9H2,1H3. The molecule has 2 unspecified atom stereocenters. The van der Waals surface area contributed by atoms with Crippen LogP contribution in [0.2, 0.25) is 0 Å². The van der Waals surface area contributed by atoms with Crippen molar-refractivity contribution in [3.63, 3.8) is 0 Å². The lowest BCUT2D eigenvalue weighted by molar-refractivity contribution is -0.140. The number of aliphatic hydroxyl groups is 1. The molecule has 110 valence electrons. The van der Waals surface area contributed by atoms with Crippen molar-refractivity contribution in [2.45, 2.75) is 69.9 Å². The van der Waals surface area contributed by atoms with Gasteiger partial charge in [0.1, 0.15) is 0 Å². The summed E-state index contributed by atoms with van der Waals surface area (Å²) in [5.41, 5.74) is 0. The number of alkyl halides is 2. The average Bonchev–Trinajstić information content (AvgIpc) is 2.75. The summed E-state index contributed by atoms with van der Waals surface area (Å²) in [6.45, 7) is 2.44. The van der Waals surface area contributed by atoms with E-state index >= 15 is 0 Å². The summed E-state index contributed by atoms with van der Waals surface area (Å²) in [5.74, 6) is -2.80. The topological polar surface area (TPSA) is 40.5 Å². The van der Waals surface area contributed by atoms with Gasteiger partial charge in [0.25, 0.3) is 0 Å². The SMILES string of the molecule is CC(O)CC1CCCN1C(=O)C1CCC(F)(F)CC1. The number of carbonyl (C=O) groups excluding carboxylic acids is 1. The van der Waals surface area contributed by atoms with E-state index in [9.17, 15) is 18.7 Å². The first kappa shape index (κ1) is 14.7. The Hall–Kier alpha value is -0.710. The fourth-order valence-electron chi connectivity index (χ4n) is 3.29. The summed E-state index contributed by atoms with van der Waals surface area (Å²) in [6.07, 6.45) is 2.29. The van der Waals surface area contributed by atoms with E-state index in [2.05, 4.69) is 0 Å². The third-order valence-electron chi connectivity index (χ3n) is 4.34. The zero-order chi connectivity index (χ0) is 14.0. The van der Waals surface area contributed by atoms with E-state index in [1.807, 2.05) is 4.90 Å². The minimum Gasteiger partial charge on any atom is -0.393 e. The molecule has 1 amide bonds. The Morgan fingerprint density at radius 3 is 2.58 bits per heavy atom. The van der Waals surface area contributed by atoms with Crippen molar-refractivity contribution >= 4 is 5.91 Å². The Balaban J connectivity index is 1.92. The highest BCUT2D eigenvalue weighted by Gasteiger charge is 2.40. The Morgan fingerprint density at radius 2 is 2.00 bits per heavy atom. The minimum absolute atomic E-state index is 0.0265. The highest BCUT2D eigenvalue weighted by atomic mass is 19.3. The number of carbonyl (C=O) groups is 1. The van der Waals surface area contributed by atoms with Crippen LogP contribution in [0.3, 0.4) is 0 Å². The molecule has 0 aromatic rings. The average molecular weight is 275 g/mol. The van der Waals surface area contributed by atoms with Crippen LogP contribution >= 0.6 is 0 Å². The van der Waals surface area contributed by atoms with Crippen molar-refractivity contribution in [1.82, 2.24) is 4.90 Å². The smallest absolute Gasteiger partial charge is 0.248 e. The highest BCUT2D eigenvalue weighted by molar-refractivity contribution is 5.79. The van der Waals surface area contributed by atoms with Gasteiger partial charge >= 0.3 is 0 Å². The largest absolute Gasteiger partial charge is 0.393 e. The number of nitrogens with zero attached hydrogens (tertiary/aromatic N) is 1. The molecule has 2 fully saturated rings. The van der Waals surface area contributed by atoms with Gasteiger partial charge in [-0.05, 0) is 39.0 Å². The molecule has 0 radical (unpaired) electrons. The van der Waals surface area contributed by atoms with Crippen LogP contribution in [-0.2, 0) is 4.79 Å². The minimum atomic E-state index is -2.58. The lowest BCUT2D eigenvalue weighted by atomic mass is 9.85. The summed E-state index contributed by atoms with van der Waals surface area (Å²) in [7, 11) is 0. The first-order valence-electron chi connectivity index (χ1n) is 7.25. The number of hydrogen-bond donors (Lipinski definition) is 1. The normalized spacial score (nSPS) is 29.5. The molecule has 0 aromatic heterocycles. The second kappa shape index (κ2) is 5.73. The van der Waals surface area contributed by atoms with E-state index in [0.29, 0.717) is 25.8 Å². The van der Waals surface area contributed by atoms with Gasteiger partial charge < -0.3 is 10.0 Å². The maximum absolute atomic E-state index is 13.1. The summed E-state index contributed by atoms with van der Waals surface area (Å²) < 4.78 is 26.2. The van der Waals surface area contributed by atoms with Crippen LogP contribution < -0.4 is 0 Å². The maximum atomic E-state index is 13.1. The van der Waals surface area contributed by atoms with Crippen LogP contribution in [0.25, 0.3) is 0 Å². The molecule has 5 heteroatoms. The molecule has 1 heterocycles. The van der Waals surface area contributed by atoms with Crippen LogP contribution in [0.5, 0.6) is 0 Å². The monoisotopic (exact) mass is 275 g/mol. The molecule has 1 aliphatic heterocycles. The first-order valence-corrected chi connectivity index (χ1v) is 7.25. The Morgan fingerprint density at radius 1 is 1.37 bits per heavy atom. The molecule has 1 aliphatic carbocycles. The fourth-order valence-corrected chi connectivity index (χ4v) is 3.29. The summed E-state index contributed by atoms with van der Waals surface area (Å²) in [5, 5.41) is 9.45. The van der Waals surface area contributed by atoms with Crippen molar-refractivity contribution in [2.24, 2.45) is 5.92 Å². The van der Waals surface area contributed by atoms with Crippen LogP contribution in [0.1, 0.15) is 51.9 Å². The molecular formula is C14H23F2NO2. The highest BCUT2D eigenvalue weighted by Crippen LogP contribution is 2.38. The quantitative estimate of drug-likeness (QED) is 0.860. The van der Waals surface area contributed by atoms with Gasteiger partial charge in [-0.3, -0.25) is 4.79 Å². The van der Waals surface area contributed by atoms with Crippen LogP contribution in [0, 0.1) is 5.92 Å². The third-order valence-corrected chi connectivity index (χ3v) is 4.34. The molecule has 0 aromatic carbocycles. The molecule has 19 heavy (non-hydrogen) atoms. The van der Waals surface area contributed by atoms with Gasteiger partial charge in [0.15, 0.2) is 0 Å². The first-order chi connectivity index (χ1) is 8.89. The number of aliphatic hydroxyl groups excluding tert-OH is 1. The van der Waals surface area contributed by atoms with Crippen LogP contribution in [-0.4, -0.2) is 40.5 Å². The molecule has 2 rings (SSSR count). The number of amides is 1. The maximum Gasteiger partial charge on any atom is 0.248 e. The van der Waals surface area contributed by atoms with Crippen molar-refractivity contribution in [2.75, 3.05) is 6.54 Å². The number of rotatable bonds is 3. The second-order valence-electron chi connectivity index (χ2n) is 6.04. The predicted octanol–water partition coefficient (Wildman–Crippen LogP) is 2.57. The van der Waals surface area contributed by atoms with Crippen LogP contribution in [0.4, 0.5) is 8.78 Å². The molecular weight excluding hydrogens is 252 g/mol. The van der Waals surface area contributed by atoms with Gasteiger partial charge in [-0.25, -0.2) is 8.78 Å². The van der Waals surface area contributed by atoms with Gasteiger partial charge in [0, 0.05) is 31.3 Å². The summed E-state index contributed by atoms with van der Waals surface area (Å²) in [4.78, 5) is 14.2.